The minimum Gasteiger partial charge on any atom is -0.503 e. The number of carbonyl (C=O) groups excluding carboxylic acids is 3. The molecule has 2 amide bonds. The second-order valence-electron chi connectivity index (χ2n) is 12.4. The number of para-hydroxylation sites is 1. The Morgan fingerprint density at radius 3 is 2.52 bits per heavy atom. The third-order valence-electron chi connectivity index (χ3n) is 8.60. The van der Waals surface area contributed by atoms with E-state index in [9.17, 15) is 19.5 Å². The molecule has 1 aromatic carbocycles. The van der Waals surface area contributed by atoms with Gasteiger partial charge in [-0.1, -0.05) is 43.7 Å². The van der Waals surface area contributed by atoms with Gasteiger partial charge >= 0.3 is 0 Å². The van der Waals surface area contributed by atoms with Crippen LogP contribution in [0.5, 0.6) is 0 Å². The summed E-state index contributed by atoms with van der Waals surface area (Å²) in [4.78, 5) is 51.9. The highest BCUT2D eigenvalue weighted by Gasteiger charge is 2.77. The summed E-state index contributed by atoms with van der Waals surface area (Å²) < 4.78 is 1.81. The number of nitrogens with zero attached hydrogens (tertiary/aromatic N) is 4. The molecule has 1 fully saturated rings. The predicted molar refractivity (Wildman–Crippen MR) is 159 cm³/mol. The van der Waals surface area contributed by atoms with Crippen LogP contribution < -0.4 is 10.4 Å². The molecule has 5 rings (SSSR count). The zero-order valence-corrected chi connectivity index (χ0v) is 25.1. The SMILES string of the molecule is C=CC(C)(C)[C@@]12C=C(O)C(=O)N3/C(=C\c4cn(C(C)(C)CC(=O)C=C(C)C)cn4)C(=O)N[C@]31N(OC)c1ccccc12. The maximum absolute atomic E-state index is 13.9. The molecule has 220 valence electrons. The molecule has 0 saturated carbocycles. The van der Waals surface area contributed by atoms with Gasteiger partial charge in [0.2, 0.25) is 5.79 Å². The topological polar surface area (TPSA) is 117 Å². The van der Waals surface area contributed by atoms with Gasteiger partial charge in [0.25, 0.3) is 11.8 Å². The molecule has 2 atom stereocenters. The number of aliphatic hydroxyl groups is 1. The lowest BCUT2D eigenvalue weighted by atomic mass is 9.57. The standard InChI is InChI=1S/C32H37N5O5/c1-9-29(4,5)31-17-26(39)28(41)36-25(15-21-18-35(19-33-21)30(6,7)16-22(38)14-20(2)3)27(40)34-32(31,36)37(42-8)24-13-11-10-12-23(24)31/h9-15,17-19,39H,1,16H2,2-8H3,(H,34,40)/b25-15-/t31-,32-/m0/s1. The molecule has 1 aromatic heterocycles. The van der Waals surface area contributed by atoms with E-state index in [1.54, 1.807) is 24.7 Å². The fourth-order valence-corrected chi connectivity index (χ4v) is 6.57. The van der Waals surface area contributed by atoms with Crippen LogP contribution in [0.3, 0.4) is 0 Å². The number of amides is 2. The third kappa shape index (κ3) is 3.81. The monoisotopic (exact) mass is 571 g/mol. The zero-order valence-electron chi connectivity index (χ0n) is 25.1. The number of fused-ring (bicyclic) bond motifs is 2. The number of imidazole rings is 1. The summed E-state index contributed by atoms with van der Waals surface area (Å²) >= 11 is 0. The molecule has 1 saturated heterocycles. The molecule has 3 aliphatic rings. The fourth-order valence-electron chi connectivity index (χ4n) is 6.57. The fraction of sp³-hybridized carbons (Fsp3) is 0.375. The van der Waals surface area contributed by atoms with Crippen molar-refractivity contribution in [3.63, 3.8) is 0 Å². The van der Waals surface area contributed by atoms with E-state index in [0.29, 0.717) is 11.4 Å². The van der Waals surface area contributed by atoms with E-state index in [1.165, 1.54) is 29.2 Å². The number of hydrogen-bond acceptors (Lipinski definition) is 7. The average molecular weight is 572 g/mol. The van der Waals surface area contributed by atoms with Gasteiger partial charge in [0.05, 0.1) is 30.2 Å². The number of allylic oxidation sites excluding steroid dienone is 3. The molecule has 0 unspecified atom stereocenters. The molecule has 4 heterocycles. The van der Waals surface area contributed by atoms with Crippen molar-refractivity contribution < 1.29 is 24.3 Å². The van der Waals surface area contributed by atoms with Gasteiger partial charge in [-0.2, -0.15) is 0 Å². The molecule has 10 heteroatoms. The summed E-state index contributed by atoms with van der Waals surface area (Å²) in [5.74, 6) is -3.42. The van der Waals surface area contributed by atoms with Gasteiger partial charge in [-0.05, 0) is 57.6 Å². The number of aliphatic hydroxyl groups excluding tert-OH is 1. The van der Waals surface area contributed by atoms with Crippen LogP contribution in [0.2, 0.25) is 0 Å². The first kappa shape index (κ1) is 29.1. The number of nitrogens with one attached hydrogen (secondary N) is 1. The highest BCUT2D eigenvalue weighted by molar-refractivity contribution is 6.10. The van der Waals surface area contributed by atoms with Gasteiger partial charge in [-0.25, -0.2) is 10.0 Å². The van der Waals surface area contributed by atoms with Crippen LogP contribution >= 0.6 is 0 Å². The van der Waals surface area contributed by atoms with Crippen LogP contribution in [0.4, 0.5) is 5.69 Å². The van der Waals surface area contributed by atoms with Gasteiger partial charge in [0, 0.05) is 23.6 Å². The first-order chi connectivity index (χ1) is 19.7. The highest BCUT2D eigenvalue weighted by Crippen LogP contribution is 2.64. The van der Waals surface area contributed by atoms with Crippen LogP contribution in [0.1, 0.15) is 59.2 Å². The molecule has 1 spiro atoms. The van der Waals surface area contributed by atoms with Crippen molar-refractivity contribution in [2.24, 2.45) is 5.41 Å². The Morgan fingerprint density at radius 1 is 1.19 bits per heavy atom. The average Bonchev–Trinajstić information content (AvgIpc) is 3.56. The third-order valence-corrected chi connectivity index (χ3v) is 8.60. The van der Waals surface area contributed by atoms with Crippen LogP contribution in [-0.4, -0.2) is 50.1 Å². The molecular weight excluding hydrogens is 534 g/mol. The number of hydrogen-bond donors (Lipinski definition) is 2. The lowest BCUT2D eigenvalue weighted by Gasteiger charge is -2.56. The summed E-state index contributed by atoms with van der Waals surface area (Å²) in [5.41, 5.74) is 0.0711. The maximum atomic E-state index is 13.9. The van der Waals surface area contributed by atoms with Gasteiger partial charge in [0.15, 0.2) is 11.5 Å². The van der Waals surface area contributed by atoms with E-state index >= 15 is 0 Å². The van der Waals surface area contributed by atoms with Gasteiger partial charge in [-0.15, -0.1) is 6.58 Å². The van der Waals surface area contributed by atoms with Crippen LogP contribution in [-0.2, 0) is 30.2 Å². The Bertz CT molecular complexity index is 1610. The largest absolute Gasteiger partial charge is 0.503 e. The molecule has 0 aliphatic carbocycles. The van der Waals surface area contributed by atoms with Crippen LogP contribution in [0.15, 0.2) is 78.6 Å². The van der Waals surface area contributed by atoms with E-state index in [-0.39, 0.29) is 17.9 Å². The summed E-state index contributed by atoms with van der Waals surface area (Å²) in [5, 5.41) is 15.7. The number of carbonyl (C=O) groups is 3. The second kappa shape index (κ2) is 9.55. The van der Waals surface area contributed by atoms with Crippen molar-refractivity contribution in [2.45, 2.75) is 64.7 Å². The second-order valence-corrected chi connectivity index (χ2v) is 12.4. The van der Waals surface area contributed by atoms with Crippen molar-refractivity contribution in [3.8, 4) is 0 Å². The van der Waals surface area contributed by atoms with Crippen molar-refractivity contribution in [3.05, 3.63) is 89.9 Å². The highest BCUT2D eigenvalue weighted by atomic mass is 16.7. The summed E-state index contributed by atoms with van der Waals surface area (Å²) in [6, 6.07) is 7.44. The summed E-state index contributed by atoms with van der Waals surface area (Å²) in [7, 11) is 1.47. The number of benzene rings is 1. The van der Waals surface area contributed by atoms with Gasteiger partial charge in [0.1, 0.15) is 5.70 Å². The van der Waals surface area contributed by atoms with Gasteiger partial charge < -0.3 is 15.0 Å². The van der Waals surface area contributed by atoms with Gasteiger partial charge in [-0.3, -0.25) is 24.1 Å². The lowest BCUT2D eigenvalue weighted by molar-refractivity contribution is -0.144. The number of rotatable bonds is 8. The minimum absolute atomic E-state index is 0.00600. The Balaban J connectivity index is 1.67. The molecule has 42 heavy (non-hydrogen) atoms. The Kier molecular flexibility index (Phi) is 6.61. The number of ketones is 1. The normalized spacial score (nSPS) is 24.2. The number of anilines is 1. The minimum atomic E-state index is -1.60. The van der Waals surface area contributed by atoms with Crippen molar-refractivity contribution in [2.75, 3.05) is 12.2 Å². The smallest absolute Gasteiger partial charge is 0.296 e. The quantitative estimate of drug-likeness (QED) is 0.354. The van der Waals surface area contributed by atoms with Crippen LogP contribution in [0, 0.1) is 5.41 Å². The van der Waals surface area contributed by atoms with E-state index in [2.05, 4.69) is 16.9 Å². The van der Waals surface area contributed by atoms with Crippen molar-refractivity contribution in [1.82, 2.24) is 19.8 Å². The molecule has 2 N–H and O–H groups in total. The van der Waals surface area contributed by atoms with Crippen LogP contribution in [0.25, 0.3) is 6.08 Å². The summed E-state index contributed by atoms with van der Waals surface area (Å²) in [6.07, 6.45) is 9.95. The van der Waals surface area contributed by atoms with E-state index in [0.717, 1.165) is 11.1 Å². The van der Waals surface area contributed by atoms with Crippen molar-refractivity contribution in [1.29, 1.82) is 0 Å². The predicted octanol–water partition coefficient (Wildman–Crippen LogP) is 4.48. The van der Waals surface area contributed by atoms with E-state index < -0.39 is 39.7 Å². The maximum Gasteiger partial charge on any atom is 0.296 e. The lowest BCUT2D eigenvalue weighted by Crippen LogP contribution is -2.76. The molecule has 0 bridgehead atoms. The molecular formula is C32H37N5O5. The molecule has 10 nitrogen and oxygen atoms in total. The first-order valence-electron chi connectivity index (χ1n) is 13.8. The number of hydroxylamine groups is 1. The molecule has 0 radical (unpaired) electrons. The Morgan fingerprint density at radius 2 is 1.88 bits per heavy atom. The van der Waals surface area contributed by atoms with E-state index in [4.69, 9.17) is 4.84 Å². The number of aromatic nitrogens is 2. The zero-order chi connectivity index (χ0) is 30.8. The Labute approximate surface area is 245 Å². The Hall–Kier alpha value is -4.44. The first-order valence-corrected chi connectivity index (χ1v) is 13.8. The molecule has 3 aliphatic heterocycles. The summed E-state index contributed by atoms with van der Waals surface area (Å²) in [6.45, 7) is 15.5. The molecule has 2 aromatic rings. The van der Waals surface area contributed by atoms with Crippen molar-refractivity contribution >= 4 is 29.4 Å². The van der Waals surface area contributed by atoms with E-state index in [1.807, 2.05) is 70.4 Å².